The second-order valence-corrected chi connectivity index (χ2v) is 14.9. The molecule has 0 saturated carbocycles. The summed E-state index contributed by atoms with van der Waals surface area (Å²) < 4.78 is 22.1. The minimum atomic E-state index is -4.36. The zero-order valence-corrected chi connectivity index (χ0v) is 34.4. The highest BCUT2D eigenvalue weighted by molar-refractivity contribution is 7.47. The van der Waals surface area contributed by atoms with Crippen molar-refractivity contribution in [3.8, 4) is 0 Å². The summed E-state index contributed by atoms with van der Waals surface area (Å²) in [4.78, 5) is 22.7. The van der Waals surface area contributed by atoms with Gasteiger partial charge in [-0.05, 0) is 83.5 Å². The lowest BCUT2D eigenvalue weighted by molar-refractivity contribution is -0.123. The van der Waals surface area contributed by atoms with Gasteiger partial charge in [0.1, 0.15) is 0 Å². The van der Waals surface area contributed by atoms with Crippen LogP contribution in [-0.4, -0.2) is 47.8 Å². The van der Waals surface area contributed by atoms with E-state index in [2.05, 4.69) is 92.1 Å². The number of phosphoric ester groups is 1. The van der Waals surface area contributed by atoms with Gasteiger partial charge in [0, 0.05) is 13.0 Å². The fourth-order valence-electron chi connectivity index (χ4n) is 5.33. The van der Waals surface area contributed by atoms with Crippen molar-refractivity contribution in [3.05, 3.63) is 85.1 Å². The molecule has 1 amide bonds. The zero-order valence-electron chi connectivity index (χ0n) is 33.5. The van der Waals surface area contributed by atoms with Crippen LogP contribution in [0.3, 0.4) is 0 Å². The number of nitrogens with one attached hydrogen (secondary N) is 1. The lowest BCUT2D eigenvalue weighted by Crippen LogP contribution is -2.45. The summed E-state index contributed by atoms with van der Waals surface area (Å²) in [5, 5.41) is 13.6. The maximum absolute atomic E-state index is 12.7. The summed E-state index contributed by atoms with van der Waals surface area (Å²) >= 11 is 0. The second-order valence-electron chi connectivity index (χ2n) is 13.4. The van der Waals surface area contributed by atoms with E-state index in [0.29, 0.717) is 6.42 Å². The molecule has 0 radical (unpaired) electrons. The van der Waals surface area contributed by atoms with Crippen LogP contribution in [0.1, 0.15) is 155 Å². The molecule has 304 valence electrons. The number of rotatable bonds is 37. The van der Waals surface area contributed by atoms with E-state index in [9.17, 15) is 19.4 Å². The molecule has 9 heteroatoms. The topological polar surface area (TPSA) is 131 Å². The maximum atomic E-state index is 12.7. The number of hydrogen-bond acceptors (Lipinski definition) is 6. The molecule has 0 aliphatic carbocycles. The van der Waals surface area contributed by atoms with Gasteiger partial charge in [-0.2, -0.15) is 0 Å². The fraction of sp³-hybridized carbons (Fsp3) is 0.659. The van der Waals surface area contributed by atoms with E-state index in [4.69, 9.17) is 14.8 Å². The monoisotopic (exact) mass is 761 g/mol. The van der Waals surface area contributed by atoms with Crippen molar-refractivity contribution >= 4 is 13.7 Å². The summed E-state index contributed by atoms with van der Waals surface area (Å²) in [7, 11) is -4.36. The number of allylic oxidation sites excluding steroid dienone is 13. The molecule has 0 saturated heterocycles. The van der Waals surface area contributed by atoms with Gasteiger partial charge in [-0.15, -0.1) is 0 Å². The number of nitrogens with two attached hydrogens (primary N) is 1. The summed E-state index contributed by atoms with van der Waals surface area (Å²) in [5.41, 5.74) is 5.36. The highest BCUT2D eigenvalue weighted by Gasteiger charge is 2.26. The highest BCUT2D eigenvalue weighted by Crippen LogP contribution is 2.43. The Labute approximate surface area is 324 Å². The molecule has 3 unspecified atom stereocenters. The standard InChI is InChI=1S/C44H77N2O6P/c1-3-5-7-9-11-13-15-17-19-21-23-25-27-29-31-33-35-37-43(47)42(41-52-53(49,50)51-40-39-45)46-44(48)38-36-34-32-30-28-26-24-22-20-18-16-14-12-10-8-6-4-2/h6,8,12,14,18-21,24,26-27,29,35,37,42-43,47H,3-5,7,9-11,13,15-17,22-23,25,28,30-34,36,38-41,45H2,1-2H3,(H,46,48)(H,49,50)/b8-6-,14-12-,20-18-,21-19+,26-24-,29-27+,37-35+. The molecule has 0 rings (SSSR count). The third-order valence-electron chi connectivity index (χ3n) is 8.43. The van der Waals surface area contributed by atoms with Crippen LogP contribution in [0.4, 0.5) is 0 Å². The predicted octanol–water partition coefficient (Wildman–Crippen LogP) is 11.4. The predicted molar refractivity (Wildman–Crippen MR) is 226 cm³/mol. The molecule has 53 heavy (non-hydrogen) atoms. The average Bonchev–Trinajstić information content (AvgIpc) is 3.14. The molecule has 0 spiro atoms. The van der Waals surface area contributed by atoms with Crippen LogP contribution in [0.15, 0.2) is 85.1 Å². The first-order valence-corrected chi connectivity index (χ1v) is 22.2. The van der Waals surface area contributed by atoms with Gasteiger partial charge in [0.25, 0.3) is 0 Å². The molecule has 0 bridgehead atoms. The van der Waals surface area contributed by atoms with Gasteiger partial charge in [-0.3, -0.25) is 13.8 Å². The van der Waals surface area contributed by atoms with E-state index < -0.39 is 20.0 Å². The van der Waals surface area contributed by atoms with Crippen LogP contribution in [0.5, 0.6) is 0 Å². The van der Waals surface area contributed by atoms with E-state index in [-0.39, 0.29) is 25.7 Å². The third kappa shape index (κ3) is 37.8. The molecule has 0 aliphatic heterocycles. The van der Waals surface area contributed by atoms with E-state index in [0.717, 1.165) is 83.5 Å². The van der Waals surface area contributed by atoms with Crippen LogP contribution in [0.25, 0.3) is 0 Å². The summed E-state index contributed by atoms with van der Waals surface area (Å²) in [6.07, 6.45) is 52.0. The fourth-order valence-corrected chi connectivity index (χ4v) is 6.09. The van der Waals surface area contributed by atoms with Crippen LogP contribution in [0.2, 0.25) is 0 Å². The lowest BCUT2D eigenvalue weighted by atomic mass is 10.1. The number of carbonyl (C=O) groups is 1. The normalized spacial score (nSPS) is 15.0. The van der Waals surface area contributed by atoms with E-state index in [1.165, 1.54) is 51.4 Å². The molecule has 8 nitrogen and oxygen atoms in total. The summed E-state index contributed by atoms with van der Waals surface area (Å²) in [6.45, 7) is 3.94. The number of carbonyl (C=O) groups excluding carboxylic acids is 1. The summed E-state index contributed by atoms with van der Waals surface area (Å²) in [5.74, 6) is -0.236. The van der Waals surface area contributed by atoms with Gasteiger partial charge in [-0.25, -0.2) is 4.57 Å². The van der Waals surface area contributed by atoms with Crippen LogP contribution in [-0.2, 0) is 18.4 Å². The van der Waals surface area contributed by atoms with Crippen molar-refractivity contribution in [3.63, 3.8) is 0 Å². The van der Waals surface area contributed by atoms with Crippen molar-refractivity contribution < 1.29 is 28.4 Å². The summed E-state index contributed by atoms with van der Waals surface area (Å²) in [6, 6.07) is -0.901. The van der Waals surface area contributed by atoms with Gasteiger partial charge in [-0.1, -0.05) is 150 Å². The van der Waals surface area contributed by atoms with Crippen molar-refractivity contribution in [1.82, 2.24) is 5.32 Å². The van der Waals surface area contributed by atoms with Crippen molar-refractivity contribution in [1.29, 1.82) is 0 Å². The number of unbranched alkanes of at least 4 members (excludes halogenated alkanes) is 13. The number of aliphatic hydroxyl groups is 1. The molecule has 5 N–H and O–H groups in total. The lowest BCUT2D eigenvalue weighted by Gasteiger charge is -2.23. The van der Waals surface area contributed by atoms with E-state index in [1.54, 1.807) is 6.08 Å². The Balaban J connectivity index is 4.41. The second kappa shape index (κ2) is 39.4. The Morgan fingerprint density at radius 2 is 1.11 bits per heavy atom. The SMILES string of the molecule is CC/C=C\C/C=C\C/C=C\C/C=C\CCCCCCC(=O)NC(COP(=O)(O)OCCN)C(O)/C=C/CC/C=C/CC/C=C/CCCCCCCCC. The molecule has 0 fully saturated rings. The van der Waals surface area contributed by atoms with Gasteiger partial charge >= 0.3 is 7.82 Å². The Bertz CT molecular complexity index is 1100. The Morgan fingerprint density at radius 1 is 0.642 bits per heavy atom. The van der Waals surface area contributed by atoms with Crippen LogP contribution in [0, 0.1) is 0 Å². The maximum Gasteiger partial charge on any atom is 0.472 e. The molecule has 0 aromatic heterocycles. The Kier molecular flexibility index (Phi) is 37.7. The zero-order chi connectivity index (χ0) is 38.9. The first-order valence-electron chi connectivity index (χ1n) is 20.7. The van der Waals surface area contributed by atoms with Crippen molar-refractivity contribution in [2.75, 3.05) is 19.8 Å². The number of amides is 1. The molecule has 3 atom stereocenters. The van der Waals surface area contributed by atoms with Gasteiger partial charge in [0.05, 0.1) is 25.4 Å². The van der Waals surface area contributed by atoms with Gasteiger partial charge < -0.3 is 21.1 Å². The minimum Gasteiger partial charge on any atom is -0.387 e. The van der Waals surface area contributed by atoms with E-state index >= 15 is 0 Å². The highest BCUT2D eigenvalue weighted by atomic mass is 31.2. The van der Waals surface area contributed by atoms with Crippen molar-refractivity contribution in [2.24, 2.45) is 5.73 Å². The number of hydrogen-bond donors (Lipinski definition) is 4. The molecule has 0 heterocycles. The molecular formula is C44H77N2O6P. The molecule has 0 aromatic carbocycles. The van der Waals surface area contributed by atoms with Gasteiger partial charge in [0.15, 0.2) is 0 Å². The molecule has 0 aliphatic rings. The van der Waals surface area contributed by atoms with Crippen molar-refractivity contribution in [2.45, 2.75) is 167 Å². The third-order valence-corrected chi connectivity index (χ3v) is 9.42. The quantitative estimate of drug-likeness (QED) is 0.0282. The Morgan fingerprint density at radius 3 is 1.68 bits per heavy atom. The van der Waals surface area contributed by atoms with Crippen LogP contribution >= 0.6 is 7.82 Å². The number of aliphatic hydroxyl groups excluding tert-OH is 1. The average molecular weight is 761 g/mol. The first kappa shape index (κ1) is 50.7. The minimum absolute atomic E-state index is 0.0628. The molecular weight excluding hydrogens is 683 g/mol. The smallest absolute Gasteiger partial charge is 0.387 e. The van der Waals surface area contributed by atoms with Crippen LogP contribution < -0.4 is 11.1 Å². The first-order chi connectivity index (χ1) is 25.9. The Hall–Kier alpha value is -2.32. The largest absolute Gasteiger partial charge is 0.472 e. The molecule has 0 aromatic rings. The number of phosphoric acid groups is 1. The van der Waals surface area contributed by atoms with E-state index in [1.807, 2.05) is 6.08 Å². The van der Waals surface area contributed by atoms with Gasteiger partial charge in [0.2, 0.25) is 5.91 Å².